The van der Waals surface area contributed by atoms with Crippen LogP contribution in [0.5, 0.6) is 0 Å². The molecule has 0 radical (unpaired) electrons. The monoisotopic (exact) mass is 411 g/mol. The molecule has 0 atom stereocenters. The Morgan fingerprint density at radius 2 is 1.76 bits per heavy atom. The zero-order valence-electron chi connectivity index (χ0n) is 15.9. The van der Waals surface area contributed by atoms with Gasteiger partial charge in [0.05, 0.1) is 6.54 Å². The molecular weight excluding hydrogens is 390 g/mol. The Morgan fingerprint density at radius 1 is 1.03 bits per heavy atom. The first-order valence-corrected chi connectivity index (χ1v) is 8.76. The zero-order valence-corrected chi connectivity index (χ0v) is 15.9. The minimum Gasteiger partial charge on any atom is -0.376 e. The fourth-order valence-corrected chi connectivity index (χ4v) is 2.54. The molecule has 2 amide bonds. The lowest BCUT2D eigenvalue weighted by atomic mass is 10.1. The average Bonchev–Trinajstić information content (AvgIpc) is 2.65. The fraction of sp³-hybridized carbons (Fsp3) is 0.300. The van der Waals surface area contributed by atoms with Crippen molar-refractivity contribution in [1.82, 2.24) is 10.6 Å². The van der Waals surface area contributed by atoms with E-state index in [-0.39, 0.29) is 29.3 Å². The highest BCUT2D eigenvalue weighted by molar-refractivity contribution is 5.95. The van der Waals surface area contributed by atoms with Gasteiger partial charge in [-0.05, 0) is 31.5 Å². The highest BCUT2D eigenvalue weighted by Gasteiger charge is 2.28. The number of aryl methyl sites for hydroxylation is 1. The molecule has 0 saturated heterocycles. The van der Waals surface area contributed by atoms with Crippen molar-refractivity contribution in [3.63, 3.8) is 0 Å². The molecule has 0 aliphatic rings. The van der Waals surface area contributed by atoms with Gasteiger partial charge in [0.1, 0.15) is 12.4 Å². The smallest absolute Gasteiger partial charge is 0.376 e. The lowest BCUT2D eigenvalue weighted by Gasteiger charge is -2.14. The van der Waals surface area contributed by atoms with Gasteiger partial charge in [-0.25, -0.2) is 4.39 Å². The summed E-state index contributed by atoms with van der Waals surface area (Å²) in [5.41, 5.74) is 1.99. The van der Waals surface area contributed by atoms with Crippen molar-refractivity contribution >= 4 is 17.5 Å². The van der Waals surface area contributed by atoms with Crippen LogP contribution in [0.4, 0.5) is 23.2 Å². The van der Waals surface area contributed by atoms with Crippen LogP contribution < -0.4 is 16.0 Å². The summed E-state index contributed by atoms with van der Waals surface area (Å²) in [6.45, 7) is 1.96. The highest BCUT2D eigenvalue weighted by Crippen LogP contribution is 2.21. The summed E-state index contributed by atoms with van der Waals surface area (Å²) >= 11 is 0. The molecule has 0 aliphatic carbocycles. The summed E-state index contributed by atoms with van der Waals surface area (Å²) in [4.78, 5) is 23.9. The Morgan fingerprint density at radius 3 is 2.41 bits per heavy atom. The van der Waals surface area contributed by atoms with Gasteiger partial charge >= 0.3 is 6.18 Å². The van der Waals surface area contributed by atoms with Gasteiger partial charge in [-0.15, -0.1) is 0 Å². The molecule has 9 heteroatoms. The molecule has 2 aromatic carbocycles. The van der Waals surface area contributed by atoms with E-state index in [0.29, 0.717) is 6.54 Å². The third kappa shape index (κ3) is 7.10. The largest absolute Gasteiger partial charge is 0.405 e. The van der Waals surface area contributed by atoms with Gasteiger partial charge in [0.15, 0.2) is 0 Å². The summed E-state index contributed by atoms with van der Waals surface area (Å²) in [6.07, 6.45) is -4.57. The fourth-order valence-electron chi connectivity index (χ4n) is 2.54. The second kappa shape index (κ2) is 9.40. The van der Waals surface area contributed by atoms with Crippen LogP contribution in [0.2, 0.25) is 0 Å². The number of benzene rings is 2. The molecule has 3 N–H and O–H groups in total. The predicted octanol–water partition coefficient (Wildman–Crippen LogP) is 3.46. The van der Waals surface area contributed by atoms with Crippen LogP contribution in [0.25, 0.3) is 0 Å². The topological polar surface area (TPSA) is 70.2 Å². The van der Waals surface area contributed by atoms with E-state index in [4.69, 9.17) is 0 Å². The van der Waals surface area contributed by atoms with Gasteiger partial charge in [-0.3, -0.25) is 9.59 Å². The Labute approximate surface area is 165 Å². The van der Waals surface area contributed by atoms with Crippen molar-refractivity contribution < 1.29 is 27.2 Å². The first kappa shape index (κ1) is 22.2. The molecule has 0 unspecified atom stereocenters. The number of hydrogen-bond acceptors (Lipinski definition) is 3. The minimum atomic E-state index is -4.57. The van der Waals surface area contributed by atoms with E-state index >= 15 is 0 Å². The summed E-state index contributed by atoms with van der Waals surface area (Å²) in [5.74, 6) is -2.20. The normalized spacial score (nSPS) is 11.1. The second-order valence-corrected chi connectivity index (χ2v) is 6.55. The number of carbonyl (C=O) groups excluding carboxylic acids is 2. The molecule has 29 heavy (non-hydrogen) atoms. The van der Waals surface area contributed by atoms with Crippen LogP contribution in [0.15, 0.2) is 36.4 Å². The van der Waals surface area contributed by atoms with Gasteiger partial charge in [0, 0.05) is 23.4 Å². The lowest BCUT2D eigenvalue weighted by molar-refractivity contribution is -0.123. The van der Waals surface area contributed by atoms with Crippen molar-refractivity contribution in [1.29, 1.82) is 0 Å². The number of nitrogens with one attached hydrogen (secondary N) is 3. The Balaban J connectivity index is 1.97. The zero-order chi connectivity index (χ0) is 21.6. The van der Waals surface area contributed by atoms with Crippen LogP contribution in [-0.2, 0) is 11.3 Å². The summed E-state index contributed by atoms with van der Waals surface area (Å²) < 4.78 is 50.8. The molecule has 2 rings (SSSR count). The average molecular weight is 411 g/mol. The summed E-state index contributed by atoms with van der Waals surface area (Å²) in [7, 11) is 0. The van der Waals surface area contributed by atoms with Gasteiger partial charge < -0.3 is 16.0 Å². The molecule has 5 nitrogen and oxygen atoms in total. The Bertz CT molecular complexity index is 898. The first-order valence-electron chi connectivity index (χ1n) is 8.76. The Kier molecular flexibility index (Phi) is 7.19. The molecule has 0 aromatic heterocycles. The number of amides is 2. The van der Waals surface area contributed by atoms with Crippen LogP contribution in [0, 0.1) is 19.7 Å². The van der Waals surface area contributed by atoms with Crippen molar-refractivity contribution in [2.75, 3.05) is 18.4 Å². The predicted molar refractivity (Wildman–Crippen MR) is 101 cm³/mol. The lowest BCUT2D eigenvalue weighted by Crippen LogP contribution is -2.34. The SMILES string of the molecule is Cc1cccc(CNC(=O)CNc2cc(C(=O)NCC(F)(F)F)cc(F)c2C)c1. The van der Waals surface area contributed by atoms with E-state index in [9.17, 15) is 27.2 Å². The number of halogens is 4. The molecule has 2 aromatic rings. The van der Waals surface area contributed by atoms with Gasteiger partial charge in [0.25, 0.3) is 5.91 Å². The van der Waals surface area contributed by atoms with Crippen LogP contribution in [0.1, 0.15) is 27.0 Å². The van der Waals surface area contributed by atoms with Gasteiger partial charge in [0.2, 0.25) is 5.91 Å². The maximum atomic E-state index is 14.1. The van der Waals surface area contributed by atoms with Crippen LogP contribution >= 0.6 is 0 Å². The van der Waals surface area contributed by atoms with Crippen molar-refractivity contribution in [3.8, 4) is 0 Å². The van der Waals surface area contributed by atoms with Crippen LogP contribution in [-0.4, -0.2) is 31.1 Å². The van der Waals surface area contributed by atoms with E-state index in [1.54, 1.807) is 5.32 Å². The molecule has 0 fully saturated rings. The Hall–Kier alpha value is -3.10. The molecule has 156 valence electrons. The van der Waals surface area contributed by atoms with E-state index < -0.39 is 24.4 Å². The second-order valence-electron chi connectivity index (χ2n) is 6.55. The summed E-state index contributed by atoms with van der Waals surface area (Å²) in [6, 6.07) is 9.65. The summed E-state index contributed by atoms with van der Waals surface area (Å²) in [5, 5.41) is 7.10. The van der Waals surface area contributed by atoms with Crippen LogP contribution in [0.3, 0.4) is 0 Å². The molecule has 0 heterocycles. The standard InChI is InChI=1S/C20H21F4N3O2/c1-12-4-3-5-14(6-12)9-26-18(28)10-25-17-8-15(7-16(21)13(17)2)19(29)27-11-20(22,23)24/h3-8,25H,9-11H2,1-2H3,(H,26,28)(H,27,29). The molecular formula is C20H21F4N3O2. The van der Waals surface area contributed by atoms with E-state index in [2.05, 4.69) is 10.6 Å². The number of carbonyl (C=O) groups is 2. The first-order chi connectivity index (χ1) is 13.5. The van der Waals surface area contributed by atoms with E-state index in [1.807, 2.05) is 31.2 Å². The van der Waals surface area contributed by atoms with Crippen molar-refractivity contribution in [2.45, 2.75) is 26.6 Å². The van der Waals surface area contributed by atoms with Crippen molar-refractivity contribution in [3.05, 3.63) is 64.5 Å². The third-order valence-corrected chi connectivity index (χ3v) is 4.07. The number of rotatable bonds is 7. The number of anilines is 1. The quantitative estimate of drug-likeness (QED) is 0.611. The maximum absolute atomic E-state index is 14.1. The van der Waals surface area contributed by atoms with Gasteiger partial charge in [-0.2, -0.15) is 13.2 Å². The van der Waals surface area contributed by atoms with E-state index in [1.165, 1.54) is 13.0 Å². The number of hydrogen-bond donors (Lipinski definition) is 3. The third-order valence-electron chi connectivity index (χ3n) is 4.07. The molecule has 0 saturated carbocycles. The van der Waals surface area contributed by atoms with Gasteiger partial charge in [-0.1, -0.05) is 29.8 Å². The highest BCUT2D eigenvalue weighted by atomic mass is 19.4. The molecule has 0 bridgehead atoms. The molecule has 0 spiro atoms. The number of alkyl halides is 3. The van der Waals surface area contributed by atoms with E-state index in [0.717, 1.165) is 17.2 Å². The van der Waals surface area contributed by atoms with Crippen molar-refractivity contribution in [2.24, 2.45) is 0 Å². The maximum Gasteiger partial charge on any atom is 0.405 e. The molecule has 0 aliphatic heterocycles. The minimum absolute atomic E-state index is 0.142.